The van der Waals surface area contributed by atoms with E-state index in [1.165, 1.54) is 18.2 Å². The molecule has 0 radical (unpaired) electrons. The number of halogens is 2. The van der Waals surface area contributed by atoms with E-state index in [0.717, 1.165) is 11.3 Å². The summed E-state index contributed by atoms with van der Waals surface area (Å²) in [6.07, 6.45) is -0.374. The number of hydrogen-bond acceptors (Lipinski definition) is 2. The molecule has 0 saturated heterocycles. The largest absolute Gasteiger partial charge is 0.496 e. The van der Waals surface area contributed by atoms with Gasteiger partial charge in [-0.3, -0.25) is 0 Å². The molecule has 0 amide bonds. The molecule has 0 fully saturated rings. The first-order valence-electron chi connectivity index (χ1n) is 5.86. The van der Waals surface area contributed by atoms with Crippen LogP contribution in [0.15, 0.2) is 42.5 Å². The van der Waals surface area contributed by atoms with Gasteiger partial charge in [-0.05, 0) is 29.3 Å². The topological polar surface area (TPSA) is 29.5 Å². The van der Waals surface area contributed by atoms with Gasteiger partial charge in [-0.1, -0.05) is 35.9 Å². The molecule has 2 aromatic rings. The third kappa shape index (κ3) is 3.25. The lowest BCUT2D eigenvalue weighted by atomic mass is 10.0. The fourth-order valence-electron chi connectivity index (χ4n) is 1.92. The predicted octanol–water partition coefficient (Wildman–Crippen LogP) is 3.76. The summed E-state index contributed by atoms with van der Waals surface area (Å²) in [4.78, 5) is 0. The minimum atomic E-state index is -0.755. The van der Waals surface area contributed by atoms with Crippen molar-refractivity contribution in [2.45, 2.75) is 12.5 Å². The Morgan fingerprint density at radius 2 is 2.00 bits per heavy atom. The van der Waals surface area contributed by atoms with Crippen LogP contribution in [0, 0.1) is 5.82 Å². The smallest absolute Gasteiger partial charge is 0.141 e. The van der Waals surface area contributed by atoms with Gasteiger partial charge in [0.15, 0.2) is 0 Å². The average molecular weight is 281 g/mol. The van der Waals surface area contributed by atoms with Gasteiger partial charge in [-0.2, -0.15) is 0 Å². The molecule has 0 aliphatic heterocycles. The number of para-hydroxylation sites is 1. The zero-order chi connectivity index (χ0) is 13.8. The summed E-state index contributed by atoms with van der Waals surface area (Å²) >= 11 is 5.71. The van der Waals surface area contributed by atoms with Crippen molar-refractivity contribution in [3.05, 3.63) is 64.4 Å². The van der Waals surface area contributed by atoms with Gasteiger partial charge in [0.25, 0.3) is 0 Å². The molecule has 1 atom stereocenters. The van der Waals surface area contributed by atoms with Crippen molar-refractivity contribution < 1.29 is 14.2 Å². The van der Waals surface area contributed by atoms with Crippen molar-refractivity contribution in [1.29, 1.82) is 0 Å². The fraction of sp³-hybridized carbons (Fsp3) is 0.200. The number of methoxy groups -OCH3 is 1. The van der Waals surface area contributed by atoms with Crippen molar-refractivity contribution in [3.8, 4) is 5.75 Å². The molecule has 1 N–H and O–H groups in total. The number of benzene rings is 2. The normalized spacial score (nSPS) is 12.2. The van der Waals surface area contributed by atoms with Gasteiger partial charge in [0.05, 0.1) is 18.2 Å². The van der Waals surface area contributed by atoms with E-state index in [2.05, 4.69) is 0 Å². The molecular weight excluding hydrogens is 267 g/mol. The number of rotatable bonds is 4. The Bertz CT molecular complexity index is 572. The maximum Gasteiger partial charge on any atom is 0.141 e. The van der Waals surface area contributed by atoms with Gasteiger partial charge >= 0.3 is 0 Å². The second kappa shape index (κ2) is 6.04. The molecule has 0 saturated carbocycles. The summed E-state index contributed by atoms with van der Waals surface area (Å²) in [5.41, 5.74) is 1.47. The van der Waals surface area contributed by atoms with Crippen LogP contribution in [0.1, 0.15) is 17.2 Å². The van der Waals surface area contributed by atoms with Gasteiger partial charge in [0, 0.05) is 6.42 Å². The highest BCUT2D eigenvalue weighted by Gasteiger charge is 2.13. The number of aliphatic hydroxyl groups excluding tert-OH is 1. The van der Waals surface area contributed by atoms with E-state index in [1.54, 1.807) is 7.11 Å². The quantitative estimate of drug-likeness (QED) is 0.924. The van der Waals surface area contributed by atoms with Crippen LogP contribution in [0.2, 0.25) is 5.02 Å². The van der Waals surface area contributed by atoms with Gasteiger partial charge in [0.2, 0.25) is 0 Å². The Labute approximate surface area is 116 Å². The van der Waals surface area contributed by atoms with E-state index in [9.17, 15) is 9.50 Å². The van der Waals surface area contributed by atoms with E-state index in [4.69, 9.17) is 16.3 Å². The molecule has 2 aromatic carbocycles. The Morgan fingerprint density at radius 1 is 1.26 bits per heavy atom. The maximum absolute atomic E-state index is 13.1. The average Bonchev–Trinajstić information content (AvgIpc) is 2.42. The van der Waals surface area contributed by atoms with E-state index in [0.29, 0.717) is 12.0 Å². The van der Waals surface area contributed by atoms with Crippen LogP contribution in [0.3, 0.4) is 0 Å². The minimum Gasteiger partial charge on any atom is -0.496 e. The fourth-order valence-corrected chi connectivity index (χ4v) is 2.11. The standard InChI is InChI=1S/C15H14ClFO2/c1-19-15-5-3-2-4-11(15)9-14(18)10-6-7-13(17)12(16)8-10/h2-8,14,18H,9H2,1H3. The summed E-state index contributed by atoms with van der Waals surface area (Å²) in [5, 5.41) is 10.2. The summed E-state index contributed by atoms with van der Waals surface area (Å²) in [6, 6.07) is 11.7. The van der Waals surface area contributed by atoms with Crippen LogP contribution in [0.25, 0.3) is 0 Å². The second-order valence-electron chi connectivity index (χ2n) is 4.21. The van der Waals surface area contributed by atoms with Crippen molar-refractivity contribution in [3.63, 3.8) is 0 Å². The van der Waals surface area contributed by atoms with E-state index in [-0.39, 0.29) is 5.02 Å². The van der Waals surface area contributed by atoms with E-state index in [1.807, 2.05) is 24.3 Å². The molecule has 2 nitrogen and oxygen atoms in total. The van der Waals surface area contributed by atoms with Crippen molar-refractivity contribution in [2.75, 3.05) is 7.11 Å². The van der Waals surface area contributed by atoms with Gasteiger partial charge < -0.3 is 9.84 Å². The SMILES string of the molecule is COc1ccccc1CC(O)c1ccc(F)c(Cl)c1. The molecule has 0 aliphatic carbocycles. The third-order valence-electron chi connectivity index (χ3n) is 2.93. The molecule has 0 aromatic heterocycles. The van der Waals surface area contributed by atoms with Crippen molar-refractivity contribution in [2.24, 2.45) is 0 Å². The van der Waals surface area contributed by atoms with Gasteiger partial charge in [0.1, 0.15) is 11.6 Å². The van der Waals surface area contributed by atoms with Gasteiger partial charge in [-0.25, -0.2) is 4.39 Å². The molecule has 4 heteroatoms. The van der Waals surface area contributed by atoms with E-state index >= 15 is 0 Å². The highest BCUT2D eigenvalue weighted by Crippen LogP contribution is 2.27. The zero-order valence-corrected chi connectivity index (χ0v) is 11.2. The molecule has 0 bridgehead atoms. The molecule has 1 unspecified atom stereocenters. The first-order chi connectivity index (χ1) is 9.11. The van der Waals surface area contributed by atoms with Crippen LogP contribution in [0.4, 0.5) is 4.39 Å². The third-order valence-corrected chi connectivity index (χ3v) is 3.22. The Balaban J connectivity index is 2.20. The van der Waals surface area contributed by atoms with Crippen LogP contribution >= 0.6 is 11.6 Å². The summed E-state index contributed by atoms with van der Waals surface area (Å²) in [5.74, 6) is 0.227. The zero-order valence-electron chi connectivity index (χ0n) is 10.4. The molecule has 0 spiro atoms. The molecule has 19 heavy (non-hydrogen) atoms. The van der Waals surface area contributed by atoms with Crippen LogP contribution in [-0.2, 0) is 6.42 Å². The molecule has 0 heterocycles. The Kier molecular flexibility index (Phi) is 4.40. The van der Waals surface area contributed by atoms with Crippen LogP contribution in [-0.4, -0.2) is 12.2 Å². The Morgan fingerprint density at radius 3 is 2.68 bits per heavy atom. The lowest BCUT2D eigenvalue weighted by Gasteiger charge is -2.14. The summed E-state index contributed by atoms with van der Waals surface area (Å²) < 4.78 is 18.3. The van der Waals surface area contributed by atoms with Crippen molar-refractivity contribution in [1.82, 2.24) is 0 Å². The molecule has 0 aliphatic rings. The monoisotopic (exact) mass is 280 g/mol. The van der Waals surface area contributed by atoms with Crippen LogP contribution in [0.5, 0.6) is 5.75 Å². The first-order valence-corrected chi connectivity index (χ1v) is 6.24. The minimum absolute atomic E-state index is 0.0107. The maximum atomic E-state index is 13.1. The number of ether oxygens (including phenoxy) is 1. The number of aliphatic hydroxyl groups is 1. The molecule has 100 valence electrons. The second-order valence-corrected chi connectivity index (χ2v) is 4.61. The lowest BCUT2D eigenvalue weighted by molar-refractivity contribution is 0.177. The highest BCUT2D eigenvalue weighted by atomic mass is 35.5. The van der Waals surface area contributed by atoms with E-state index < -0.39 is 11.9 Å². The summed E-state index contributed by atoms with van der Waals surface area (Å²) in [6.45, 7) is 0. The number of hydrogen-bond donors (Lipinski definition) is 1. The highest BCUT2D eigenvalue weighted by molar-refractivity contribution is 6.30. The predicted molar refractivity (Wildman–Crippen MR) is 73.1 cm³/mol. The first kappa shape index (κ1) is 13.8. The molecule has 2 rings (SSSR count). The summed E-state index contributed by atoms with van der Waals surface area (Å²) in [7, 11) is 1.58. The van der Waals surface area contributed by atoms with Crippen molar-refractivity contribution >= 4 is 11.6 Å². The van der Waals surface area contributed by atoms with Crippen LogP contribution < -0.4 is 4.74 Å². The molecular formula is C15H14ClFO2. The lowest BCUT2D eigenvalue weighted by Crippen LogP contribution is -2.03. The Hall–Kier alpha value is -1.58. The van der Waals surface area contributed by atoms with Gasteiger partial charge in [-0.15, -0.1) is 0 Å².